The Labute approximate surface area is 161 Å². The molecule has 3 rings (SSSR count). The predicted molar refractivity (Wildman–Crippen MR) is 103 cm³/mol. The van der Waals surface area contributed by atoms with Gasteiger partial charge in [-0.25, -0.2) is 18.9 Å². The number of carbonyl (C=O) groups is 1. The number of nitrogens with one attached hydrogen (secondary N) is 1. The van der Waals surface area contributed by atoms with Crippen molar-refractivity contribution in [3.8, 4) is 0 Å². The third-order valence-electron chi connectivity index (χ3n) is 4.32. The van der Waals surface area contributed by atoms with E-state index in [4.69, 9.17) is 5.21 Å². The van der Waals surface area contributed by atoms with Crippen molar-refractivity contribution in [1.82, 2.24) is 14.8 Å². The lowest BCUT2D eigenvalue weighted by Crippen LogP contribution is -2.48. The average Bonchev–Trinajstić information content (AvgIpc) is 3.17. The Bertz CT molecular complexity index is 903. The smallest absolute Gasteiger partial charge is 0.286 e. The van der Waals surface area contributed by atoms with Crippen LogP contribution in [0.2, 0.25) is 0 Å². The van der Waals surface area contributed by atoms with Gasteiger partial charge in [0.1, 0.15) is 4.88 Å². The van der Waals surface area contributed by atoms with Gasteiger partial charge < -0.3 is 9.80 Å². The largest absolute Gasteiger partial charge is 0.378 e. The molecule has 2 N–H and O–H groups in total. The zero-order chi connectivity index (χ0) is 19.6. The molecule has 1 amide bonds. The first kappa shape index (κ1) is 19.5. The maximum Gasteiger partial charge on any atom is 0.286 e. The van der Waals surface area contributed by atoms with Gasteiger partial charge in [-0.15, -0.1) is 0 Å². The second-order valence-electron chi connectivity index (χ2n) is 6.23. The van der Waals surface area contributed by atoms with Crippen LogP contribution in [-0.4, -0.2) is 69.1 Å². The minimum Gasteiger partial charge on any atom is -0.378 e. The predicted octanol–water partition coefficient (Wildman–Crippen LogP) is 0.839. The van der Waals surface area contributed by atoms with Gasteiger partial charge in [-0.1, -0.05) is 11.3 Å². The summed E-state index contributed by atoms with van der Waals surface area (Å²) >= 11 is 1.15. The van der Waals surface area contributed by atoms with Crippen LogP contribution in [0.25, 0.3) is 0 Å². The first-order valence-corrected chi connectivity index (χ1v) is 10.5. The SMILES string of the molecule is CN(C)c1ccc(S(=O)(=O)N2CCN(c3ncc(C(=O)NO)s3)CC2)cc1. The molecule has 9 nitrogen and oxygen atoms in total. The number of aromatic nitrogens is 1. The first-order chi connectivity index (χ1) is 12.8. The van der Waals surface area contributed by atoms with Crippen LogP contribution >= 0.6 is 11.3 Å². The molecule has 1 aromatic heterocycles. The number of piperazine rings is 1. The Kier molecular flexibility index (Phi) is 5.65. The molecular formula is C16H21N5O4S2. The lowest BCUT2D eigenvalue weighted by Gasteiger charge is -2.33. The van der Waals surface area contributed by atoms with E-state index in [-0.39, 0.29) is 4.90 Å². The molecule has 0 radical (unpaired) electrons. The Morgan fingerprint density at radius 1 is 1.19 bits per heavy atom. The van der Waals surface area contributed by atoms with Crippen molar-refractivity contribution in [3.05, 3.63) is 35.3 Å². The average molecular weight is 412 g/mol. The number of nitrogens with zero attached hydrogens (tertiary/aromatic N) is 4. The molecule has 0 unspecified atom stereocenters. The second-order valence-corrected chi connectivity index (χ2v) is 9.17. The monoisotopic (exact) mass is 411 g/mol. The Hall–Kier alpha value is -2.21. The molecule has 0 spiro atoms. The number of carbonyl (C=O) groups excluding carboxylic acids is 1. The molecule has 1 saturated heterocycles. The highest BCUT2D eigenvalue weighted by Gasteiger charge is 2.29. The Morgan fingerprint density at radius 2 is 1.81 bits per heavy atom. The molecule has 2 aromatic rings. The fourth-order valence-corrected chi connectivity index (χ4v) is 5.04. The van der Waals surface area contributed by atoms with Crippen molar-refractivity contribution in [2.45, 2.75) is 4.90 Å². The van der Waals surface area contributed by atoms with Crippen LogP contribution in [0.15, 0.2) is 35.4 Å². The molecule has 0 atom stereocenters. The minimum absolute atomic E-state index is 0.276. The highest BCUT2D eigenvalue weighted by molar-refractivity contribution is 7.89. The van der Waals surface area contributed by atoms with Gasteiger partial charge in [0.25, 0.3) is 5.91 Å². The van der Waals surface area contributed by atoms with Gasteiger partial charge in [-0.05, 0) is 24.3 Å². The number of amides is 1. The van der Waals surface area contributed by atoms with Crippen LogP contribution in [-0.2, 0) is 10.0 Å². The van der Waals surface area contributed by atoms with Crippen molar-refractivity contribution < 1.29 is 18.4 Å². The standard InChI is InChI=1S/C16H21N5O4S2/c1-19(2)12-3-5-13(6-4-12)27(24,25)21-9-7-20(8-10-21)16-17-11-14(26-16)15(22)18-23/h3-6,11,23H,7-10H2,1-2H3,(H,18,22). The molecule has 0 aliphatic carbocycles. The number of thiazole rings is 1. The summed E-state index contributed by atoms with van der Waals surface area (Å²) in [5.74, 6) is -0.610. The number of sulfonamides is 1. The van der Waals surface area contributed by atoms with Crippen LogP contribution in [0.4, 0.5) is 10.8 Å². The molecule has 0 bridgehead atoms. The third kappa shape index (κ3) is 4.05. The van der Waals surface area contributed by atoms with E-state index in [1.807, 2.05) is 23.9 Å². The molecule has 27 heavy (non-hydrogen) atoms. The highest BCUT2D eigenvalue weighted by atomic mass is 32.2. The molecule has 2 heterocycles. The van der Waals surface area contributed by atoms with Gasteiger partial charge >= 0.3 is 0 Å². The summed E-state index contributed by atoms with van der Waals surface area (Å²) < 4.78 is 27.1. The van der Waals surface area contributed by atoms with Crippen LogP contribution in [0.3, 0.4) is 0 Å². The molecule has 1 aromatic carbocycles. The maximum absolute atomic E-state index is 12.8. The second kappa shape index (κ2) is 7.80. The zero-order valence-electron chi connectivity index (χ0n) is 15.0. The van der Waals surface area contributed by atoms with E-state index in [1.165, 1.54) is 10.5 Å². The summed E-state index contributed by atoms with van der Waals surface area (Å²) in [6, 6.07) is 6.81. The zero-order valence-corrected chi connectivity index (χ0v) is 16.6. The summed E-state index contributed by atoms with van der Waals surface area (Å²) in [6.45, 7) is 1.61. The number of rotatable bonds is 5. The lowest BCUT2D eigenvalue weighted by atomic mass is 10.3. The molecule has 1 aliphatic heterocycles. The molecular weight excluding hydrogens is 390 g/mol. The normalized spacial score (nSPS) is 15.6. The first-order valence-electron chi connectivity index (χ1n) is 8.25. The van der Waals surface area contributed by atoms with Crippen LogP contribution < -0.4 is 15.3 Å². The summed E-state index contributed by atoms with van der Waals surface area (Å²) in [6.07, 6.45) is 1.39. The van der Waals surface area contributed by atoms with E-state index in [1.54, 1.807) is 29.7 Å². The van der Waals surface area contributed by atoms with Gasteiger partial charge in [-0.3, -0.25) is 10.0 Å². The summed E-state index contributed by atoms with van der Waals surface area (Å²) in [5.41, 5.74) is 2.51. The van der Waals surface area contributed by atoms with Crippen molar-refractivity contribution in [3.63, 3.8) is 0 Å². The Morgan fingerprint density at radius 3 is 2.37 bits per heavy atom. The van der Waals surface area contributed by atoms with E-state index >= 15 is 0 Å². The number of anilines is 2. The van der Waals surface area contributed by atoms with Gasteiger partial charge in [0.2, 0.25) is 10.0 Å². The fraction of sp³-hybridized carbons (Fsp3) is 0.375. The maximum atomic E-state index is 12.8. The molecule has 11 heteroatoms. The molecule has 146 valence electrons. The van der Waals surface area contributed by atoms with Gasteiger partial charge in [0, 0.05) is 46.0 Å². The van der Waals surface area contributed by atoms with Crippen LogP contribution in [0, 0.1) is 0 Å². The summed E-state index contributed by atoms with van der Waals surface area (Å²) in [5, 5.41) is 9.30. The van der Waals surface area contributed by atoms with Gasteiger partial charge in [0.15, 0.2) is 5.13 Å². The molecule has 1 aliphatic rings. The van der Waals surface area contributed by atoms with Gasteiger partial charge in [-0.2, -0.15) is 4.31 Å². The van der Waals surface area contributed by atoms with E-state index < -0.39 is 15.9 Å². The lowest BCUT2D eigenvalue weighted by molar-refractivity contribution is 0.0710. The quantitative estimate of drug-likeness (QED) is 0.555. The van der Waals surface area contributed by atoms with Crippen molar-refractivity contribution >= 4 is 38.1 Å². The van der Waals surface area contributed by atoms with E-state index in [0.717, 1.165) is 17.0 Å². The van der Waals surface area contributed by atoms with Crippen molar-refractivity contribution in [1.29, 1.82) is 0 Å². The fourth-order valence-electron chi connectivity index (χ4n) is 2.76. The van der Waals surface area contributed by atoms with Crippen molar-refractivity contribution in [2.75, 3.05) is 50.1 Å². The highest BCUT2D eigenvalue weighted by Crippen LogP contribution is 2.26. The number of hydrogen-bond acceptors (Lipinski definition) is 8. The van der Waals surface area contributed by atoms with Crippen LogP contribution in [0.5, 0.6) is 0 Å². The van der Waals surface area contributed by atoms with E-state index in [2.05, 4.69) is 4.98 Å². The number of hydrogen-bond donors (Lipinski definition) is 2. The number of hydroxylamine groups is 1. The number of benzene rings is 1. The summed E-state index contributed by atoms with van der Waals surface area (Å²) in [4.78, 5) is 20.0. The van der Waals surface area contributed by atoms with E-state index in [0.29, 0.717) is 36.2 Å². The molecule has 0 saturated carbocycles. The van der Waals surface area contributed by atoms with Gasteiger partial charge in [0.05, 0.1) is 11.1 Å². The molecule has 1 fully saturated rings. The summed E-state index contributed by atoms with van der Waals surface area (Å²) in [7, 11) is 0.251. The van der Waals surface area contributed by atoms with E-state index in [9.17, 15) is 13.2 Å². The van der Waals surface area contributed by atoms with Crippen LogP contribution in [0.1, 0.15) is 9.67 Å². The van der Waals surface area contributed by atoms with Crippen molar-refractivity contribution in [2.24, 2.45) is 0 Å². The topological polar surface area (TPSA) is 106 Å². The Balaban J connectivity index is 1.67. The third-order valence-corrected chi connectivity index (χ3v) is 7.29. The minimum atomic E-state index is -3.55.